The molecule has 1 saturated carbocycles. The minimum Gasteiger partial charge on any atom is -0.464 e. The van der Waals surface area contributed by atoms with Crippen molar-refractivity contribution in [1.29, 1.82) is 0 Å². The van der Waals surface area contributed by atoms with Crippen LogP contribution in [0.25, 0.3) is 0 Å². The molecule has 214 valence electrons. The predicted molar refractivity (Wildman–Crippen MR) is 139 cm³/mol. The first-order valence-electron chi connectivity index (χ1n) is 13.3. The Morgan fingerprint density at radius 2 is 1.65 bits per heavy atom. The largest absolute Gasteiger partial charge is 0.464 e. The number of esters is 1. The lowest BCUT2D eigenvalue weighted by Crippen LogP contribution is -2.57. The number of carbonyl (C=O) groups excluding carboxylic acids is 3. The summed E-state index contributed by atoms with van der Waals surface area (Å²) in [6, 6.07) is -0.945. The SMILES string of the molecule is CCC(C)[C@H](NC(=O)[C@H](OC)[C@H](O)[C@@H](O)[C@H](O)C=CC(C)(C)C)C(=O)NCCOC(=O)C1CCCCC1. The number of methoxy groups -OCH3 is 1. The summed E-state index contributed by atoms with van der Waals surface area (Å²) in [6.45, 7) is 9.52. The molecule has 0 aromatic carbocycles. The van der Waals surface area contributed by atoms with Crippen LogP contribution in [0.2, 0.25) is 0 Å². The molecule has 0 spiro atoms. The van der Waals surface area contributed by atoms with Gasteiger partial charge in [0, 0.05) is 7.11 Å². The number of ether oxygens (including phenoxy) is 2. The van der Waals surface area contributed by atoms with Crippen molar-refractivity contribution in [1.82, 2.24) is 10.6 Å². The van der Waals surface area contributed by atoms with Gasteiger partial charge in [-0.05, 0) is 24.2 Å². The second kappa shape index (κ2) is 16.1. The van der Waals surface area contributed by atoms with Gasteiger partial charge in [0.2, 0.25) is 5.91 Å². The van der Waals surface area contributed by atoms with E-state index in [1.54, 1.807) is 13.0 Å². The third-order valence-corrected chi connectivity index (χ3v) is 6.69. The number of aliphatic hydroxyl groups is 3. The van der Waals surface area contributed by atoms with Crippen molar-refractivity contribution in [2.24, 2.45) is 17.3 Å². The maximum atomic E-state index is 12.9. The van der Waals surface area contributed by atoms with E-state index >= 15 is 0 Å². The molecule has 6 atom stereocenters. The molecule has 0 aromatic rings. The van der Waals surface area contributed by atoms with E-state index in [1.165, 1.54) is 13.2 Å². The van der Waals surface area contributed by atoms with Crippen LogP contribution in [0.3, 0.4) is 0 Å². The van der Waals surface area contributed by atoms with Crippen LogP contribution in [0.1, 0.15) is 73.1 Å². The van der Waals surface area contributed by atoms with Crippen LogP contribution < -0.4 is 10.6 Å². The minimum atomic E-state index is -1.75. The summed E-state index contributed by atoms with van der Waals surface area (Å²) in [7, 11) is 1.19. The van der Waals surface area contributed by atoms with E-state index < -0.39 is 42.3 Å². The Kier molecular flexibility index (Phi) is 14.3. The van der Waals surface area contributed by atoms with Gasteiger partial charge in [-0.1, -0.05) is 72.5 Å². The number of allylic oxidation sites excluding steroid dienone is 1. The van der Waals surface area contributed by atoms with Gasteiger partial charge in [-0.3, -0.25) is 14.4 Å². The number of amides is 2. The summed E-state index contributed by atoms with van der Waals surface area (Å²) in [5.41, 5.74) is -0.255. The zero-order chi connectivity index (χ0) is 28.2. The molecule has 10 nitrogen and oxygen atoms in total. The molecule has 10 heteroatoms. The molecule has 5 N–H and O–H groups in total. The smallest absolute Gasteiger partial charge is 0.308 e. The molecule has 0 bridgehead atoms. The Balaban J connectivity index is 2.71. The van der Waals surface area contributed by atoms with Crippen molar-refractivity contribution in [2.75, 3.05) is 20.3 Å². The van der Waals surface area contributed by atoms with Crippen LogP contribution >= 0.6 is 0 Å². The highest BCUT2D eigenvalue weighted by Crippen LogP contribution is 2.24. The van der Waals surface area contributed by atoms with E-state index in [-0.39, 0.29) is 36.4 Å². The summed E-state index contributed by atoms with van der Waals surface area (Å²) in [5.74, 6) is -1.84. The molecule has 1 unspecified atom stereocenters. The van der Waals surface area contributed by atoms with E-state index in [1.807, 2.05) is 27.7 Å². The zero-order valence-electron chi connectivity index (χ0n) is 23.2. The zero-order valence-corrected chi connectivity index (χ0v) is 23.2. The summed E-state index contributed by atoms with van der Waals surface area (Å²) >= 11 is 0. The van der Waals surface area contributed by atoms with E-state index in [4.69, 9.17) is 9.47 Å². The van der Waals surface area contributed by atoms with Gasteiger partial charge in [0.15, 0.2) is 6.10 Å². The summed E-state index contributed by atoms with van der Waals surface area (Å²) in [5, 5.41) is 36.4. The van der Waals surface area contributed by atoms with Crippen molar-refractivity contribution in [3.05, 3.63) is 12.2 Å². The van der Waals surface area contributed by atoms with E-state index in [0.717, 1.165) is 32.1 Å². The standard InChI is InChI=1S/C27H48N2O8/c1-7-17(2)20(24(33)28-15-16-37-26(35)18-11-9-8-10-12-18)29-25(34)23(36-6)22(32)21(31)19(30)13-14-27(3,4)5/h13-14,17-23,30-32H,7-12,15-16H2,1-6H3,(H,28,33)(H,29,34)/t17?,19-,20+,21+,22-,23-/m1/s1. The monoisotopic (exact) mass is 528 g/mol. The maximum Gasteiger partial charge on any atom is 0.308 e. The molecule has 0 saturated heterocycles. The fourth-order valence-electron chi connectivity index (χ4n) is 4.11. The van der Waals surface area contributed by atoms with Gasteiger partial charge in [0.05, 0.1) is 12.5 Å². The summed E-state index contributed by atoms with van der Waals surface area (Å²) in [4.78, 5) is 38.0. The lowest BCUT2D eigenvalue weighted by molar-refractivity contribution is -0.151. The van der Waals surface area contributed by atoms with Crippen molar-refractivity contribution >= 4 is 17.8 Å². The third-order valence-electron chi connectivity index (χ3n) is 6.69. The van der Waals surface area contributed by atoms with Crippen LogP contribution in [0.5, 0.6) is 0 Å². The van der Waals surface area contributed by atoms with Gasteiger partial charge in [-0.15, -0.1) is 0 Å². The second-order valence-corrected chi connectivity index (χ2v) is 11.0. The fraction of sp³-hybridized carbons (Fsp3) is 0.815. The normalized spacial score (nSPS) is 19.9. The molecule has 1 fully saturated rings. The van der Waals surface area contributed by atoms with Crippen LogP contribution in [0, 0.1) is 17.3 Å². The average Bonchev–Trinajstić information content (AvgIpc) is 2.87. The van der Waals surface area contributed by atoms with Gasteiger partial charge in [-0.25, -0.2) is 0 Å². The van der Waals surface area contributed by atoms with Gasteiger partial charge >= 0.3 is 5.97 Å². The van der Waals surface area contributed by atoms with Gasteiger partial charge in [-0.2, -0.15) is 0 Å². The average molecular weight is 529 g/mol. The first-order chi connectivity index (χ1) is 17.3. The first-order valence-corrected chi connectivity index (χ1v) is 13.3. The van der Waals surface area contributed by atoms with Crippen molar-refractivity contribution < 1.29 is 39.2 Å². The summed E-state index contributed by atoms with van der Waals surface area (Å²) in [6.07, 6.45) is 2.07. The lowest BCUT2D eigenvalue weighted by Gasteiger charge is -2.30. The topological polar surface area (TPSA) is 154 Å². The highest BCUT2D eigenvalue weighted by Gasteiger charge is 2.37. The highest BCUT2D eigenvalue weighted by atomic mass is 16.5. The first kappa shape index (κ1) is 33.0. The Morgan fingerprint density at radius 1 is 1.03 bits per heavy atom. The molecular formula is C27H48N2O8. The van der Waals surface area contributed by atoms with Crippen LogP contribution in [0.4, 0.5) is 0 Å². The van der Waals surface area contributed by atoms with Crippen molar-refractivity contribution in [2.45, 2.75) is 104 Å². The van der Waals surface area contributed by atoms with Gasteiger partial charge in [0.25, 0.3) is 5.91 Å². The Hall–Kier alpha value is -2.01. The number of carbonyl (C=O) groups is 3. The second-order valence-electron chi connectivity index (χ2n) is 11.0. The van der Waals surface area contributed by atoms with E-state index in [0.29, 0.717) is 6.42 Å². The molecule has 0 aliphatic heterocycles. The molecule has 37 heavy (non-hydrogen) atoms. The molecule has 2 amide bonds. The van der Waals surface area contributed by atoms with Crippen molar-refractivity contribution in [3.63, 3.8) is 0 Å². The lowest BCUT2D eigenvalue weighted by atomic mass is 9.89. The highest BCUT2D eigenvalue weighted by molar-refractivity contribution is 5.90. The Morgan fingerprint density at radius 3 is 2.19 bits per heavy atom. The predicted octanol–water partition coefficient (Wildman–Crippen LogP) is 1.46. The van der Waals surface area contributed by atoms with Crippen LogP contribution in [0.15, 0.2) is 12.2 Å². The Bertz CT molecular complexity index is 745. The van der Waals surface area contributed by atoms with Crippen LogP contribution in [-0.4, -0.2) is 83.8 Å². The van der Waals surface area contributed by atoms with Gasteiger partial charge in [0.1, 0.15) is 31.0 Å². The molecule has 0 radical (unpaired) electrons. The number of nitrogens with one attached hydrogen (secondary N) is 2. The number of aliphatic hydroxyl groups excluding tert-OH is 3. The fourth-order valence-corrected chi connectivity index (χ4v) is 4.11. The molecular weight excluding hydrogens is 480 g/mol. The maximum absolute atomic E-state index is 12.9. The van der Waals surface area contributed by atoms with E-state index in [2.05, 4.69) is 10.6 Å². The molecule has 1 rings (SSSR count). The minimum absolute atomic E-state index is 0.0355. The Labute approximate surface area is 221 Å². The molecule has 0 heterocycles. The third kappa shape index (κ3) is 11.5. The molecule has 1 aliphatic carbocycles. The van der Waals surface area contributed by atoms with Gasteiger partial charge < -0.3 is 35.4 Å². The number of hydrogen-bond donors (Lipinski definition) is 5. The number of hydrogen-bond acceptors (Lipinski definition) is 8. The quantitative estimate of drug-likeness (QED) is 0.129. The molecule has 1 aliphatic rings. The molecule has 0 aromatic heterocycles. The van der Waals surface area contributed by atoms with E-state index in [9.17, 15) is 29.7 Å². The van der Waals surface area contributed by atoms with Crippen molar-refractivity contribution in [3.8, 4) is 0 Å². The number of rotatable bonds is 14. The summed E-state index contributed by atoms with van der Waals surface area (Å²) < 4.78 is 10.4. The van der Waals surface area contributed by atoms with Crippen LogP contribution in [-0.2, 0) is 23.9 Å².